The van der Waals surface area contributed by atoms with E-state index in [1.54, 1.807) is 12.2 Å². The first-order chi connectivity index (χ1) is 4.31. The topological polar surface area (TPSA) is 0 Å². The van der Waals surface area contributed by atoms with Gasteiger partial charge in [0.05, 0.1) is 0 Å². The van der Waals surface area contributed by atoms with Gasteiger partial charge in [0.1, 0.15) is 0 Å². The summed E-state index contributed by atoms with van der Waals surface area (Å²) in [4.78, 5) is 0. The van der Waals surface area contributed by atoms with Crippen molar-refractivity contribution >= 4 is 0 Å². The van der Waals surface area contributed by atoms with E-state index in [1.165, 1.54) is 0 Å². The van der Waals surface area contributed by atoms with Crippen LogP contribution >= 0.6 is 0 Å². The third-order valence-corrected chi connectivity index (χ3v) is 0.633. The molecule has 0 heteroatoms. The molecule has 0 fully saturated rings. The van der Waals surface area contributed by atoms with Crippen LogP contribution in [0.25, 0.3) is 0 Å². The van der Waals surface area contributed by atoms with Crippen LogP contribution in [-0.4, -0.2) is 0 Å². The van der Waals surface area contributed by atoms with Crippen LogP contribution in [0.4, 0.5) is 0 Å². The SMILES string of the molecule is C#C/C=C(/C)C=C.CC. The highest BCUT2D eigenvalue weighted by molar-refractivity contribution is 5.23. The van der Waals surface area contributed by atoms with E-state index in [2.05, 4.69) is 12.5 Å². The third-order valence-electron chi connectivity index (χ3n) is 0.633. The fourth-order valence-electron chi connectivity index (χ4n) is 0.190. The molecule has 0 amide bonds. The molecule has 0 saturated carbocycles. The molecule has 9 heavy (non-hydrogen) atoms. The second kappa shape index (κ2) is 10.1. The molecule has 0 N–H and O–H groups in total. The summed E-state index contributed by atoms with van der Waals surface area (Å²) in [7, 11) is 0. The van der Waals surface area contributed by atoms with Crippen LogP contribution in [0.3, 0.4) is 0 Å². The monoisotopic (exact) mass is 122 g/mol. The van der Waals surface area contributed by atoms with Gasteiger partial charge in [-0.05, 0) is 18.6 Å². The summed E-state index contributed by atoms with van der Waals surface area (Å²) in [6, 6.07) is 0. The number of terminal acetylenes is 1. The summed E-state index contributed by atoms with van der Waals surface area (Å²) < 4.78 is 0. The van der Waals surface area contributed by atoms with Crippen molar-refractivity contribution in [2.24, 2.45) is 0 Å². The van der Waals surface area contributed by atoms with Gasteiger partial charge in [-0.15, -0.1) is 6.42 Å². The molecule has 50 valence electrons. The van der Waals surface area contributed by atoms with Crippen molar-refractivity contribution in [2.45, 2.75) is 20.8 Å². The Morgan fingerprint density at radius 3 is 2.11 bits per heavy atom. The van der Waals surface area contributed by atoms with Crippen molar-refractivity contribution in [3.8, 4) is 12.3 Å². The fraction of sp³-hybridized carbons (Fsp3) is 0.333. The molecule has 0 aliphatic rings. The lowest BCUT2D eigenvalue weighted by Gasteiger charge is -1.78. The first-order valence-electron chi connectivity index (χ1n) is 3.06. The van der Waals surface area contributed by atoms with Crippen LogP contribution in [0.5, 0.6) is 0 Å². The van der Waals surface area contributed by atoms with E-state index in [1.807, 2.05) is 20.8 Å². The van der Waals surface area contributed by atoms with Crippen molar-refractivity contribution in [2.75, 3.05) is 0 Å². The van der Waals surface area contributed by atoms with E-state index in [-0.39, 0.29) is 0 Å². The van der Waals surface area contributed by atoms with Gasteiger partial charge in [-0.3, -0.25) is 0 Å². The van der Waals surface area contributed by atoms with E-state index in [0.29, 0.717) is 0 Å². The lowest BCUT2D eigenvalue weighted by atomic mass is 10.3. The van der Waals surface area contributed by atoms with Gasteiger partial charge in [0.2, 0.25) is 0 Å². The van der Waals surface area contributed by atoms with Crippen LogP contribution in [0.1, 0.15) is 20.8 Å². The molecular weight excluding hydrogens is 108 g/mol. The highest BCUT2D eigenvalue weighted by Gasteiger charge is 1.69. The molecule has 0 heterocycles. The lowest BCUT2D eigenvalue weighted by Crippen LogP contribution is -1.59. The molecule has 0 bridgehead atoms. The van der Waals surface area contributed by atoms with Gasteiger partial charge in [-0.1, -0.05) is 32.4 Å². The Morgan fingerprint density at radius 2 is 2.00 bits per heavy atom. The lowest BCUT2D eigenvalue weighted by molar-refractivity contribution is 1.50. The predicted molar refractivity (Wildman–Crippen MR) is 44.1 cm³/mol. The predicted octanol–water partition coefficient (Wildman–Crippen LogP) is 2.78. The molecular formula is C9H14. The molecule has 0 aromatic heterocycles. The van der Waals surface area contributed by atoms with E-state index >= 15 is 0 Å². The second-order valence-electron chi connectivity index (χ2n) is 1.26. The Balaban J connectivity index is 0. The molecule has 0 aliphatic carbocycles. The summed E-state index contributed by atoms with van der Waals surface area (Å²) in [6.45, 7) is 9.42. The van der Waals surface area contributed by atoms with Gasteiger partial charge in [0, 0.05) is 0 Å². The fourth-order valence-corrected chi connectivity index (χ4v) is 0.190. The first kappa shape index (κ1) is 10.9. The highest BCUT2D eigenvalue weighted by atomic mass is 13.7. The molecule has 0 nitrogen and oxygen atoms in total. The smallest absolute Gasteiger partial charge is 0.00925 e. The molecule has 0 atom stereocenters. The summed E-state index contributed by atoms with van der Waals surface area (Å²) in [5.41, 5.74) is 1.03. The Labute approximate surface area is 58.3 Å². The maximum absolute atomic E-state index is 4.93. The van der Waals surface area contributed by atoms with Gasteiger partial charge in [0.15, 0.2) is 0 Å². The van der Waals surface area contributed by atoms with Crippen LogP contribution < -0.4 is 0 Å². The summed E-state index contributed by atoms with van der Waals surface area (Å²) >= 11 is 0. The Bertz CT molecular complexity index is 121. The van der Waals surface area contributed by atoms with Gasteiger partial charge < -0.3 is 0 Å². The largest absolute Gasteiger partial charge is 0.115 e. The standard InChI is InChI=1S/C7H8.C2H6/c1-4-6-7(3)5-2;1-2/h1,5-6H,2H2,3H3;1-2H3/b7-6-;. The Hall–Kier alpha value is -0.960. The summed E-state index contributed by atoms with van der Waals surface area (Å²) in [5.74, 6) is 2.39. The van der Waals surface area contributed by atoms with Crippen LogP contribution in [0.2, 0.25) is 0 Å². The molecule has 0 unspecified atom stereocenters. The van der Waals surface area contributed by atoms with E-state index in [9.17, 15) is 0 Å². The molecule has 0 spiro atoms. The number of rotatable bonds is 1. The maximum Gasteiger partial charge on any atom is -0.00925 e. The van der Waals surface area contributed by atoms with Gasteiger partial charge in [-0.25, -0.2) is 0 Å². The van der Waals surface area contributed by atoms with Crippen molar-refractivity contribution in [3.05, 3.63) is 24.3 Å². The summed E-state index contributed by atoms with van der Waals surface area (Å²) in [5, 5.41) is 0. The molecule has 0 aliphatic heterocycles. The van der Waals surface area contributed by atoms with Gasteiger partial charge in [-0.2, -0.15) is 0 Å². The van der Waals surface area contributed by atoms with E-state index < -0.39 is 0 Å². The number of hydrogen-bond acceptors (Lipinski definition) is 0. The van der Waals surface area contributed by atoms with E-state index in [4.69, 9.17) is 6.42 Å². The minimum atomic E-state index is 1.03. The van der Waals surface area contributed by atoms with Gasteiger partial charge >= 0.3 is 0 Å². The quantitative estimate of drug-likeness (QED) is 0.370. The minimum Gasteiger partial charge on any atom is -0.115 e. The average Bonchev–Trinajstić information content (AvgIpc) is 1.93. The van der Waals surface area contributed by atoms with Crippen molar-refractivity contribution in [3.63, 3.8) is 0 Å². The Morgan fingerprint density at radius 1 is 1.56 bits per heavy atom. The molecule has 0 radical (unpaired) electrons. The average molecular weight is 122 g/mol. The van der Waals surface area contributed by atoms with Crippen molar-refractivity contribution in [1.29, 1.82) is 0 Å². The summed E-state index contributed by atoms with van der Waals surface area (Å²) in [6.07, 6.45) is 8.33. The van der Waals surface area contributed by atoms with Crippen LogP contribution in [0.15, 0.2) is 24.3 Å². The Kier molecular flexibility index (Phi) is 12.3. The molecule has 0 aromatic rings. The number of hydrogen-bond donors (Lipinski definition) is 0. The minimum absolute atomic E-state index is 1.03. The second-order valence-corrected chi connectivity index (χ2v) is 1.26. The zero-order chi connectivity index (χ0) is 7.70. The third kappa shape index (κ3) is 11.0. The van der Waals surface area contributed by atoms with Gasteiger partial charge in [0.25, 0.3) is 0 Å². The molecule has 0 saturated heterocycles. The van der Waals surface area contributed by atoms with Crippen LogP contribution in [0, 0.1) is 12.3 Å². The normalized spacial score (nSPS) is 8.44. The maximum atomic E-state index is 4.93. The first-order valence-corrected chi connectivity index (χ1v) is 3.06. The molecule has 0 aromatic carbocycles. The van der Waals surface area contributed by atoms with E-state index in [0.717, 1.165) is 5.57 Å². The van der Waals surface area contributed by atoms with Crippen molar-refractivity contribution in [1.82, 2.24) is 0 Å². The highest BCUT2D eigenvalue weighted by Crippen LogP contribution is 1.88. The van der Waals surface area contributed by atoms with Crippen LogP contribution in [-0.2, 0) is 0 Å². The van der Waals surface area contributed by atoms with Crippen molar-refractivity contribution < 1.29 is 0 Å². The zero-order valence-corrected chi connectivity index (χ0v) is 6.44. The zero-order valence-electron chi connectivity index (χ0n) is 6.44. The number of allylic oxidation sites excluding steroid dienone is 3. The molecule has 0 rings (SSSR count).